The van der Waals surface area contributed by atoms with Gasteiger partial charge in [0.2, 0.25) is 0 Å². The van der Waals surface area contributed by atoms with E-state index in [4.69, 9.17) is 0 Å². The number of aromatic nitrogens is 1. The fraction of sp³-hybridized carbons (Fsp3) is 0.267. The van der Waals surface area contributed by atoms with Crippen molar-refractivity contribution >= 4 is 21.7 Å². The fourth-order valence-electron chi connectivity index (χ4n) is 1.84. The first-order chi connectivity index (χ1) is 8.65. The van der Waals surface area contributed by atoms with Gasteiger partial charge < -0.3 is 5.32 Å². The smallest absolute Gasteiger partial charge is 0.126 e. The van der Waals surface area contributed by atoms with E-state index in [1.165, 1.54) is 16.7 Å². The van der Waals surface area contributed by atoms with Crippen LogP contribution in [0.5, 0.6) is 0 Å². The zero-order chi connectivity index (χ0) is 13.0. The Labute approximate surface area is 117 Å². The van der Waals surface area contributed by atoms with E-state index >= 15 is 0 Å². The lowest BCUT2D eigenvalue weighted by atomic mass is 10.1. The molecular weight excluding hydrogens is 288 g/mol. The van der Waals surface area contributed by atoms with Crippen LogP contribution in [0.25, 0.3) is 0 Å². The Morgan fingerprint density at radius 2 is 2.06 bits per heavy atom. The number of nitrogens with zero attached hydrogens (tertiary/aromatic N) is 1. The molecule has 0 atom stereocenters. The van der Waals surface area contributed by atoms with E-state index in [2.05, 4.69) is 70.4 Å². The van der Waals surface area contributed by atoms with Gasteiger partial charge in [0.05, 0.1) is 0 Å². The van der Waals surface area contributed by atoms with Gasteiger partial charge in [0.1, 0.15) is 5.82 Å². The molecule has 0 radical (unpaired) electrons. The maximum absolute atomic E-state index is 4.33. The lowest BCUT2D eigenvalue weighted by Gasteiger charge is -2.07. The van der Waals surface area contributed by atoms with E-state index in [1.807, 2.05) is 6.20 Å². The molecule has 0 aliphatic heterocycles. The molecule has 0 aliphatic carbocycles. The van der Waals surface area contributed by atoms with Crippen molar-refractivity contribution in [2.45, 2.75) is 20.3 Å². The molecule has 1 heterocycles. The van der Waals surface area contributed by atoms with Crippen LogP contribution in [0.15, 0.2) is 41.0 Å². The number of hydrogen-bond donors (Lipinski definition) is 1. The maximum atomic E-state index is 4.33. The van der Waals surface area contributed by atoms with Gasteiger partial charge in [-0.3, -0.25) is 0 Å². The highest BCUT2D eigenvalue weighted by atomic mass is 79.9. The molecule has 0 saturated carbocycles. The number of hydrogen-bond acceptors (Lipinski definition) is 2. The normalized spacial score (nSPS) is 10.4. The van der Waals surface area contributed by atoms with Crippen LogP contribution in [0.2, 0.25) is 0 Å². The Hall–Kier alpha value is -1.35. The van der Waals surface area contributed by atoms with Crippen molar-refractivity contribution in [3.63, 3.8) is 0 Å². The standard InChI is InChI=1S/C15H17BrN2/c1-11-4-3-5-13(8-11)6-7-17-15-9-12(2)14(16)10-18-15/h3-5,8-10H,6-7H2,1-2H3,(H,17,18). The van der Waals surface area contributed by atoms with E-state index in [0.29, 0.717) is 0 Å². The zero-order valence-electron chi connectivity index (χ0n) is 10.7. The number of nitrogens with one attached hydrogen (secondary N) is 1. The Bertz CT molecular complexity index is 538. The number of benzene rings is 1. The number of halogens is 1. The second kappa shape index (κ2) is 6.01. The predicted octanol–water partition coefficient (Wildman–Crippen LogP) is 4.12. The van der Waals surface area contributed by atoms with Crippen LogP contribution in [0.3, 0.4) is 0 Å². The van der Waals surface area contributed by atoms with Gasteiger partial charge in [-0.1, -0.05) is 29.8 Å². The van der Waals surface area contributed by atoms with Gasteiger partial charge in [-0.25, -0.2) is 4.98 Å². The number of aryl methyl sites for hydroxylation is 2. The molecule has 2 nitrogen and oxygen atoms in total. The number of rotatable bonds is 4. The SMILES string of the molecule is Cc1cccc(CCNc2cc(C)c(Br)cn2)c1. The first kappa shape index (κ1) is 13.1. The minimum Gasteiger partial charge on any atom is -0.370 e. The highest BCUT2D eigenvalue weighted by Gasteiger charge is 1.99. The first-order valence-corrected chi connectivity index (χ1v) is 6.86. The van der Waals surface area contributed by atoms with E-state index in [-0.39, 0.29) is 0 Å². The zero-order valence-corrected chi connectivity index (χ0v) is 12.3. The average molecular weight is 305 g/mol. The summed E-state index contributed by atoms with van der Waals surface area (Å²) in [5.41, 5.74) is 3.87. The Kier molecular flexibility index (Phi) is 4.37. The van der Waals surface area contributed by atoms with E-state index in [9.17, 15) is 0 Å². The quantitative estimate of drug-likeness (QED) is 0.919. The van der Waals surface area contributed by atoms with Crippen LogP contribution in [-0.4, -0.2) is 11.5 Å². The molecule has 1 N–H and O–H groups in total. The summed E-state index contributed by atoms with van der Waals surface area (Å²) in [4.78, 5) is 4.33. The molecule has 0 unspecified atom stereocenters. The molecule has 1 aromatic carbocycles. The summed E-state index contributed by atoms with van der Waals surface area (Å²) < 4.78 is 1.05. The van der Waals surface area contributed by atoms with Crippen LogP contribution in [0.1, 0.15) is 16.7 Å². The molecule has 0 bridgehead atoms. The molecule has 2 rings (SSSR count). The third-order valence-corrected chi connectivity index (χ3v) is 3.68. The Balaban J connectivity index is 1.90. The topological polar surface area (TPSA) is 24.9 Å². The lowest BCUT2D eigenvalue weighted by Crippen LogP contribution is -2.06. The first-order valence-electron chi connectivity index (χ1n) is 6.07. The fourth-order valence-corrected chi connectivity index (χ4v) is 2.06. The van der Waals surface area contributed by atoms with Crippen molar-refractivity contribution in [2.75, 3.05) is 11.9 Å². The summed E-state index contributed by atoms with van der Waals surface area (Å²) in [5, 5.41) is 3.35. The van der Waals surface area contributed by atoms with Gasteiger partial charge >= 0.3 is 0 Å². The largest absolute Gasteiger partial charge is 0.370 e. The van der Waals surface area contributed by atoms with Crippen molar-refractivity contribution in [3.8, 4) is 0 Å². The molecule has 3 heteroatoms. The molecule has 18 heavy (non-hydrogen) atoms. The van der Waals surface area contributed by atoms with E-state index in [1.54, 1.807) is 0 Å². The highest BCUT2D eigenvalue weighted by Crippen LogP contribution is 2.17. The summed E-state index contributed by atoms with van der Waals surface area (Å²) in [6.45, 7) is 5.09. The molecular formula is C15H17BrN2. The van der Waals surface area contributed by atoms with Gasteiger partial charge in [-0.15, -0.1) is 0 Å². The summed E-state index contributed by atoms with van der Waals surface area (Å²) in [5.74, 6) is 0.934. The minimum atomic E-state index is 0.900. The van der Waals surface area contributed by atoms with Gasteiger partial charge in [0.25, 0.3) is 0 Å². The van der Waals surface area contributed by atoms with E-state index < -0.39 is 0 Å². The van der Waals surface area contributed by atoms with Gasteiger partial charge in [0.15, 0.2) is 0 Å². The van der Waals surface area contributed by atoms with Crippen molar-refractivity contribution in [2.24, 2.45) is 0 Å². The third-order valence-electron chi connectivity index (χ3n) is 2.85. The van der Waals surface area contributed by atoms with Crippen molar-refractivity contribution in [3.05, 3.63) is 57.7 Å². The summed E-state index contributed by atoms with van der Waals surface area (Å²) in [6.07, 6.45) is 2.85. The molecule has 0 spiro atoms. The van der Waals surface area contributed by atoms with Crippen LogP contribution < -0.4 is 5.32 Å². The second-order valence-electron chi connectivity index (χ2n) is 4.48. The van der Waals surface area contributed by atoms with Crippen LogP contribution in [0, 0.1) is 13.8 Å². The van der Waals surface area contributed by atoms with Crippen LogP contribution in [-0.2, 0) is 6.42 Å². The van der Waals surface area contributed by atoms with Gasteiger partial charge in [0, 0.05) is 17.2 Å². The Morgan fingerprint density at radius 3 is 2.78 bits per heavy atom. The summed E-state index contributed by atoms with van der Waals surface area (Å²) >= 11 is 3.45. The molecule has 0 amide bonds. The monoisotopic (exact) mass is 304 g/mol. The molecule has 0 saturated heterocycles. The highest BCUT2D eigenvalue weighted by molar-refractivity contribution is 9.10. The third kappa shape index (κ3) is 3.57. The van der Waals surface area contributed by atoms with Crippen molar-refractivity contribution < 1.29 is 0 Å². The Morgan fingerprint density at radius 1 is 1.22 bits per heavy atom. The van der Waals surface area contributed by atoms with Gasteiger partial charge in [-0.05, 0) is 53.4 Å². The lowest BCUT2D eigenvalue weighted by molar-refractivity contribution is 1.00. The van der Waals surface area contributed by atoms with Crippen molar-refractivity contribution in [1.82, 2.24) is 4.98 Å². The second-order valence-corrected chi connectivity index (χ2v) is 5.34. The maximum Gasteiger partial charge on any atom is 0.126 e. The molecule has 94 valence electrons. The van der Waals surface area contributed by atoms with E-state index in [0.717, 1.165) is 23.3 Å². The van der Waals surface area contributed by atoms with Crippen molar-refractivity contribution in [1.29, 1.82) is 0 Å². The van der Waals surface area contributed by atoms with Crippen LogP contribution >= 0.6 is 15.9 Å². The molecule has 2 aromatic rings. The molecule has 0 aliphatic rings. The number of anilines is 1. The minimum absolute atomic E-state index is 0.900. The predicted molar refractivity (Wildman–Crippen MR) is 80.0 cm³/mol. The molecule has 1 aromatic heterocycles. The average Bonchev–Trinajstić information content (AvgIpc) is 2.34. The van der Waals surface area contributed by atoms with Gasteiger partial charge in [-0.2, -0.15) is 0 Å². The molecule has 0 fully saturated rings. The summed E-state index contributed by atoms with van der Waals surface area (Å²) in [7, 11) is 0. The number of pyridine rings is 1. The summed E-state index contributed by atoms with van der Waals surface area (Å²) in [6, 6.07) is 10.7. The van der Waals surface area contributed by atoms with Crippen LogP contribution in [0.4, 0.5) is 5.82 Å².